The number of nitrogens with one attached hydrogen (secondary N) is 2. The van der Waals surface area contributed by atoms with Gasteiger partial charge in [-0.2, -0.15) is 5.10 Å². The molecular weight excluding hydrogens is 230 g/mol. The minimum absolute atomic E-state index is 0.0188. The Hall–Kier alpha value is -1.36. The van der Waals surface area contributed by atoms with Crippen LogP contribution in [0.15, 0.2) is 0 Å². The van der Waals surface area contributed by atoms with Crippen molar-refractivity contribution < 1.29 is 9.90 Å². The van der Waals surface area contributed by atoms with E-state index in [9.17, 15) is 4.79 Å². The van der Waals surface area contributed by atoms with E-state index in [-0.39, 0.29) is 18.6 Å². The lowest BCUT2D eigenvalue weighted by atomic mass is 10.0. The number of hydrogen-bond donors (Lipinski definition) is 3. The van der Waals surface area contributed by atoms with Crippen molar-refractivity contribution in [3.63, 3.8) is 0 Å². The molecule has 1 atom stereocenters. The molecule has 0 saturated heterocycles. The number of nitrogens with zero attached hydrogens (tertiary/aromatic N) is 1. The van der Waals surface area contributed by atoms with Crippen molar-refractivity contribution in [1.82, 2.24) is 15.5 Å². The summed E-state index contributed by atoms with van der Waals surface area (Å²) in [5.74, 6) is 0.294. The smallest absolute Gasteiger partial charge is 0.224 e. The summed E-state index contributed by atoms with van der Waals surface area (Å²) >= 11 is 0. The van der Waals surface area contributed by atoms with Crippen molar-refractivity contribution in [2.24, 2.45) is 5.92 Å². The minimum atomic E-state index is -0.0188. The summed E-state index contributed by atoms with van der Waals surface area (Å²) in [4.78, 5) is 12.0. The van der Waals surface area contributed by atoms with E-state index in [1.54, 1.807) is 0 Å². The number of aryl methyl sites for hydroxylation is 2. The van der Waals surface area contributed by atoms with Crippen LogP contribution in [0.5, 0.6) is 0 Å². The number of amides is 1. The van der Waals surface area contributed by atoms with E-state index in [0.29, 0.717) is 18.8 Å². The Labute approximate surface area is 108 Å². The first-order chi connectivity index (χ1) is 8.45. The van der Waals surface area contributed by atoms with Gasteiger partial charge >= 0.3 is 0 Å². The molecule has 1 heterocycles. The van der Waals surface area contributed by atoms with Crippen LogP contribution < -0.4 is 5.32 Å². The van der Waals surface area contributed by atoms with Crippen LogP contribution in [0, 0.1) is 19.8 Å². The molecule has 0 spiro atoms. The molecule has 0 saturated carbocycles. The number of aliphatic hydroxyl groups excluding tert-OH is 1. The van der Waals surface area contributed by atoms with Gasteiger partial charge in [-0.25, -0.2) is 0 Å². The van der Waals surface area contributed by atoms with Gasteiger partial charge in [0, 0.05) is 23.9 Å². The number of hydrogen-bond acceptors (Lipinski definition) is 3. The second-order valence-corrected chi connectivity index (χ2v) is 5.02. The Morgan fingerprint density at radius 2 is 2.11 bits per heavy atom. The van der Waals surface area contributed by atoms with Gasteiger partial charge in [-0.3, -0.25) is 9.89 Å². The van der Waals surface area contributed by atoms with E-state index in [1.165, 1.54) is 0 Å². The molecule has 1 rings (SSSR count). The zero-order valence-corrected chi connectivity index (χ0v) is 11.6. The maximum atomic E-state index is 12.0. The van der Waals surface area contributed by atoms with Crippen LogP contribution in [0.3, 0.4) is 0 Å². The molecule has 0 aliphatic carbocycles. The average Bonchev–Trinajstić information content (AvgIpc) is 2.60. The molecule has 1 aromatic heterocycles. The monoisotopic (exact) mass is 253 g/mol. The Bertz CT molecular complexity index is 379. The predicted molar refractivity (Wildman–Crippen MR) is 70.2 cm³/mol. The van der Waals surface area contributed by atoms with Crippen molar-refractivity contribution in [3.05, 3.63) is 17.0 Å². The lowest BCUT2D eigenvalue weighted by Crippen LogP contribution is -2.40. The van der Waals surface area contributed by atoms with Crippen molar-refractivity contribution in [2.75, 3.05) is 6.61 Å². The van der Waals surface area contributed by atoms with Crippen LogP contribution >= 0.6 is 0 Å². The highest BCUT2D eigenvalue weighted by atomic mass is 16.3. The first-order valence-electron chi connectivity index (χ1n) is 6.36. The molecule has 102 valence electrons. The van der Waals surface area contributed by atoms with Crippen molar-refractivity contribution in [2.45, 2.75) is 46.6 Å². The van der Waals surface area contributed by atoms with E-state index >= 15 is 0 Å². The topological polar surface area (TPSA) is 78.0 Å². The third-order valence-electron chi connectivity index (χ3n) is 3.21. The number of carbonyl (C=O) groups excluding carboxylic acids is 1. The fourth-order valence-electron chi connectivity index (χ4n) is 1.96. The number of aromatic amines is 1. The Morgan fingerprint density at radius 3 is 2.56 bits per heavy atom. The number of rotatable bonds is 6. The number of H-pyrrole nitrogens is 1. The summed E-state index contributed by atoms with van der Waals surface area (Å²) in [7, 11) is 0. The minimum Gasteiger partial charge on any atom is -0.396 e. The third-order valence-corrected chi connectivity index (χ3v) is 3.21. The van der Waals surface area contributed by atoms with Gasteiger partial charge in [0.15, 0.2) is 0 Å². The summed E-state index contributed by atoms with van der Waals surface area (Å²) in [5, 5.41) is 18.9. The standard InChI is InChI=1S/C13H23N3O2/c1-8(2)12(5-6-17)14-13(18)7-11-9(3)15-16-10(11)4/h8,12,17H,5-7H2,1-4H3,(H,14,18)(H,15,16). The Kier molecular flexibility index (Phi) is 5.34. The molecule has 1 unspecified atom stereocenters. The second-order valence-electron chi connectivity index (χ2n) is 5.02. The van der Waals surface area contributed by atoms with E-state index in [2.05, 4.69) is 15.5 Å². The van der Waals surface area contributed by atoms with Gasteiger partial charge in [-0.1, -0.05) is 13.8 Å². The highest BCUT2D eigenvalue weighted by molar-refractivity contribution is 5.79. The summed E-state index contributed by atoms with van der Waals surface area (Å²) in [6.45, 7) is 7.97. The van der Waals surface area contributed by atoms with Crippen molar-refractivity contribution in [1.29, 1.82) is 0 Å². The van der Waals surface area contributed by atoms with Gasteiger partial charge in [0.05, 0.1) is 12.1 Å². The van der Waals surface area contributed by atoms with Crippen LogP contribution in [0.4, 0.5) is 0 Å². The SMILES string of the molecule is Cc1n[nH]c(C)c1CC(=O)NC(CCO)C(C)C. The van der Waals surface area contributed by atoms with Crippen LogP contribution in [0.2, 0.25) is 0 Å². The highest BCUT2D eigenvalue weighted by Crippen LogP contribution is 2.11. The van der Waals surface area contributed by atoms with Gasteiger partial charge in [-0.05, 0) is 26.2 Å². The molecule has 0 bridgehead atoms. The lowest BCUT2D eigenvalue weighted by molar-refractivity contribution is -0.121. The van der Waals surface area contributed by atoms with E-state index in [1.807, 2.05) is 27.7 Å². The van der Waals surface area contributed by atoms with Crippen LogP contribution in [0.25, 0.3) is 0 Å². The van der Waals surface area contributed by atoms with E-state index < -0.39 is 0 Å². The summed E-state index contributed by atoms with van der Waals surface area (Å²) in [6, 6.07) is 0.0232. The number of carbonyl (C=O) groups is 1. The number of aliphatic hydroxyl groups is 1. The predicted octanol–water partition coefficient (Wildman–Crippen LogP) is 1.09. The molecule has 3 N–H and O–H groups in total. The van der Waals surface area contributed by atoms with Crippen molar-refractivity contribution in [3.8, 4) is 0 Å². The Balaban J connectivity index is 2.60. The summed E-state index contributed by atoms with van der Waals surface area (Å²) in [6.07, 6.45) is 0.926. The van der Waals surface area contributed by atoms with Crippen LogP contribution in [0.1, 0.15) is 37.2 Å². The van der Waals surface area contributed by atoms with Gasteiger partial charge in [-0.15, -0.1) is 0 Å². The number of aromatic nitrogens is 2. The lowest BCUT2D eigenvalue weighted by Gasteiger charge is -2.21. The zero-order valence-electron chi connectivity index (χ0n) is 11.6. The summed E-state index contributed by atoms with van der Waals surface area (Å²) < 4.78 is 0. The molecule has 0 aliphatic heterocycles. The van der Waals surface area contributed by atoms with Crippen molar-refractivity contribution >= 4 is 5.91 Å². The molecule has 0 radical (unpaired) electrons. The molecule has 1 amide bonds. The normalized spacial score (nSPS) is 12.8. The maximum Gasteiger partial charge on any atom is 0.224 e. The largest absolute Gasteiger partial charge is 0.396 e. The molecule has 5 nitrogen and oxygen atoms in total. The molecule has 1 aromatic rings. The fraction of sp³-hybridized carbons (Fsp3) is 0.692. The molecule has 5 heteroatoms. The highest BCUT2D eigenvalue weighted by Gasteiger charge is 2.17. The second kappa shape index (κ2) is 6.54. The first-order valence-corrected chi connectivity index (χ1v) is 6.36. The van der Waals surface area contributed by atoms with Gasteiger partial charge in [0.1, 0.15) is 0 Å². The van der Waals surface area contributed by atoms with Gasteiger partial charge < -0.3 is 10.4 Å². The first kappa shape index (κ1) is 14.7. The van der Waals surface area contributed by atoms with Crippen LogP contribution in [-0.2, 0) is 11.2 Å². The van der Waals surface area contributed by atoms with Gasteiger partial charge in [0.2, 0.25) is 5.91 Å². The molecule has 18 heavy (non-hydrogen) atoms. The molecule has 0 aromatic carbocycles. The average molecular weight is 253 g/mol. The fourth-order valence-corrected chi connectivity index (χ4v) is 1.96. The molecular formula is C13H23N3O2. The Morgan fingerprint density at radius 1 is 1.44 bits per heavy atom. The van der Waals surface area contributed by atoms with Crippen LogP contribution in [-0.4, -0.2) is 33.9 Å². The molecule has 0 fully saturated rings. The van der Waals surface area contributed by atoms with E-state index in [0.717, 1.165) is 17.0 Å². The third kappa shape index (κ3) is 3.84. The maximum absolute atomic E-state index is 12.0. The summed E-state index contributed by atoms with van der Waals surface area (Å²) in [5.41, 5.74) is 2.76. The zero-order chi connectivity index (χ0) is 13.7. The van der Waals surface area contributed by atoms with E-state index in [4.69, 9.17) is 5.11 Å². The molecule has 0 aliphatic rings. The van der Waals surface area contributed by atoms with Gasteiger partial charge in [0.25, 0.3) is 0 Å². The quantitative estimate of drug-likeness (QED) is 0.710.